The predicted molar refractivity (Wildman–Crippen MR) is 50.9 cm³/mol. The van der Waals surface area contributed by atoms with Crippen LogP contribution in [0, 0.1) is 5.41 Å². The summed E-state index contributed by atoms with van der Waals surface area (Å²) < 4.78 is 0. The molecule has 0 aromatic heterocycles. The fraction of sp³-hybridized carbons (Fsp3) is 0.667. The molecule has 2 N–H and O–H groups in total. The lowest BCUT2D eigenvalue weighted by Crippen LogP contribution is -2.38. The van der Waals surface area contributed by atoms with E-state index in [1.165, 1.54) is 13.8 Å². The van der Waals surface area contributed by atoms with E-state index in [2.05, 4.69) is 5.32 Å². The van der Waals surface area contributed by atoms with Gasteiger partial charge in [0.05, 0.1) is 6.04 Å². The summed E-state index contributed by atoms with van der Waals surface area (Å²) >= 11 is 0. The Morgan fingerprint density at radius 1 is 1.31 bits per heavy atom. The van der Waals surface area contributed by atoms with E-state index < -0.39 is 6.04 Å². The number of nitrogens with one attached hydrogen (secondary N) is 2. The van der Waals surface area contributed by atoms with Crippen LogP contribution in [-0.4, -0.2) is 23.4 Å². The molecule has 1 amide bonds. The van der Waals surface area contributed by atoms with E-state index in [1.807, 2.05) is 0 Å². The fourth-order valence-corrected chi connectivity index (χ4v) is 0.983. The third-order valence-electron chi connectivity index (χ3n) is 1.68. The van der Waals surface area contributed by atoms with Crippen molar-refractivity contribution in [3.05, 3.63) is 0 Å². The van der Waals surface area contributed by atoms with Gasteiger partial charge in [0.1, 0.15) is 0 Å². The first kappa shape index (κ1) is 11.8. The van der Waals surface area contributed by atoms with Crippen molar-refractivity contribution < 1.29 is 9.59 Å². The lowest BCUT2D eigenvalue weighted by molar-refractivity contribution is -0.125. The quantitative estimate of drug-likeness (QED) is 0.623. The molecular formula is C9H16N2O2. The smallest absolute Gasteiger partial charge is 0.217 e. The van der Waals surface area contributed by atoms with Gasteiger partial charge in [-0.1, -0.05) is 0 Å². The molecule has 74 valence electrons. The molecule has 0 fully saturated rings. The Kier molecular flexibility index (Phi) is 4.96. The molecule has 0 aliphatic carbocycles. The molecule has 0 saturated carbocycles. The van der Waals surface area contributed by atoms with Crippen LogP contribution < -0.4 is 5.32 Å². The van der Waals surface area contributed by atoms with Gasteiger partial charge in [0, 0.05) is 12.6 Å². The molecule has 0 spiro atoms. The highest BCUT2D eigenvalue weighted by molar-refractivity contribution is 5.87. The summed E-state index contributed by atoms with van der Waals surface area (Å²) in [6.45, 7) is 4.51. The predicted octanol–water partition coefficient (Wildman–Crippen LogP) is 0.900. The topological polar surface area (TPSA) is 70.0 Å². The average molecular weight is 184 g/mol. The van der Waals surface area contributed by atoms with Crippen LogP contribution in [0.15, 0.2) is 0 Å². The number of Topliss-reactive ketones (excluding diaryl/α,β-unsaturated/α-hetero) is 1. The molecule has 4 nitrogen and oxygen atoms in total. The SMILES string of the molecule is CC(=N)CCC(NC(C)=O)C(C)=O. The third-order valence-corrected chi connectivity index (χ3v) is 1.68. The minimum Gasteiger partial charge on any atom is -0.347 e. The molecule has 4 heteroatoms. The highest BCUT2D eigenvalue weighted by Crippen LogP contribution is 1.99. The van der Waals surface area contributed by atoms with Crippen molar-refractivity contribution in [3.8, 4) is 0 Å². The van der Waals surface area contributed by atoms with Gasteiger partial charge < -0.3 is 10.7 Å². The molecule has 0 aliphatic heterocycles. The van der Waals surface area contributed by atoms with Gasteiger partial charge in [0.25, 0.3) is 0 Å². The molecule has 0 aromatic rings. The largest absolute Gasteiger partial charge is 0.347 e. The molecule has 13 heavy (non-hydrogen) atoms. The highest BCUT2D eigenvalue weighted by Gasteiger charge is 2.14. The maximum absolute atomic E-state index is 11.0. The van der Waals surface area contributed by atoms with Crippen LogP contribution in [0.2, 0.25) is 0 Å². The number of hydrogen-bond acceptors (Lipinski definition) is 3. The molecule has 0 aliphatic rings. The summed E-state index contributed by atoms with van der Waals surface area (Å²) in [6.07, 6.45) is 1.06. The van der Waals surface area contributed by atoms with E-state index in [0.717, 1.165) is 0 Å². The van der Waals surface area contributed by atoms with Gasteiger partial charge in [0.2, 0.25) is 5.91 Å². The third kappa shape index (κ3) is 6.02. The lowest BCUT2D eigenvalue weighted by atomic mass is 10.1. The summed E-state index contributed by atoms with van der Waals surface area (Å²) in [4.78, 5) is 21.7. The van der Waals surface area contributed by atoms with Crippen molar-refractivity contribution >= 4 is 17.4 Å². The summed E-state index contributed by atoms with van der Waals surface area (Å²) in [5.41, 5.74) is 0.525. The first-order valence-electron chi connectivity index (χ1n) is 4.25. The van der Waals surface area contributed by atoms with Gasteiger partial charge >= 0.3 is 0 Å². The average Bonchev–Trinajstić information content (AvgIpc) is 1.96. The van der Waals surface area contributed by atoms with Crippen LogP contribution in [0.3, 0.4) is 0 Å². The fourth-order valence-electron chi connectivity index (χ4n) is 0.983. The second-order valence-corrected chi connectivity index (χ2v) is 3.18. The summed E-state index contributed by atoms with van der Waals surface area (Å²) in [6, 6.07) is -0.433. The molecular weight excluding hydrogens is 168 g/mol. The minimum absolute atomic E-state index is 0.0588. The standard InChI is InChI=1S/C9H16N2O2/c1-6(10)4-5-9(7(2)12)11-8(3)13/h9-10H,4-5H2,1-3H3,(H,11,13). The Bertz CT molecular complexity index is 224. The highest BCUT2D eigenvalue weighted by atomic mass is 16.2. The zero-order chi connectivity index (χ0) is 10.4. The molecule has 0 radical (unpaired) electrons. The van der Waals surface area contributed by atoms with Crippen molar-refractivity contribution in [3.63, 3.8) is 0 Å². The monoisotopic (exact) mass is 184 g/mol. The Labute approximate surface area is 78.2 Å². The van der Waals surface area contributed by atoms with E-state index in [4.69, 9.17) is 5.41 Å². The maximum Gasteiger partial charge on any atom is 0.217 e. The van der Waals surface area contributed by atoms with Gasteiger partial charge in [-0.3, -0.25) is 9.59 Å². The second-order valence-electron chi connectivity index (χ2n) is 3.18. The molecule has 1 unspecified atom stereocenters. The Morgan fingerprint density at radius 3 is 2.15 bits per heavy atom. The first-order chi connectivity index (χ1) is 5.93. The summed E-state index contributed by atoms with van der Waals surface area (Å²) in [7, 11) is 0. The van der Waals surface area contributed by atoms with E-state index >= 15 is 0 Å². The normalized spacial score (nSPS) is 11.9. The molecule has 1 atom stereocenters. The number of carbonyl (C=O) groups is 2. The molecule has 0 saturated heterocycles. The molecule has 0 bridgehead atoms. The first-order valence-corrected chi connectivity index (χ1v) is 4.25. The van der Waals surface area contributed by atoms with Gasteiger partial charge in [-0.2, -0.15) is 0 Å². The van der Waals surface area contributed by atoms with Crippen LogP contribution in [0.5, 0.6) is 0 Å². The van der Waals surface area contributed by atoms with Crippen molar-refractivity contribution in [2.45, 2.75) is 39.7 Å². The van der Waals surface area contributed by atoms with Crippen LogP contribution >= 0.6 is 0 Å². The number of rotatable bonds is 5. The van der Waals surface area contributed by atoms with Crippen molar-refractivity contribution in [1.29, 1.82) is 5.41 Å². The molecule has 0 heterocycles. The second kappa shape index (κ2) is 5.45. The van der Waals surface area contributed by atoms with Crippen molar-refractivity contribution in [1.82, 2.24) is 5.32 Å². The van der Waals surface area contributed by atoms with E-state index in [0.29, 0.717) is 18.6 Å². The number of hydrogen-bond donors (Lipinski definition) is 2. The van der Waals surface area contributed by atoms with E-state index in [1.54, 1.807) is 6.92 Å². The van der Waals surface area contributed by atoms with Crippen LogP contribution in [0.4, 0.5) is 0 Å². The summed E-state index contributed by atoms with van der Waals surface area (Å²) in [5, 5.41) is 9.74. The zero-order valence-electron chi connectivity index (χ0n) is 8.31. The Morgan fingerprint density at radius 2 is 1.85 bits per heavy atom. The zero-order valence-corrected chi connectivity index (χ0v) is 8.31. The van der Waals surface area contributed by atoms with E-state index in [-0.39, 0.29) is 11.7 Å². The van der Waals surface area contributed by atoms with Gasteiger partial charge in [-0.25, -0.2) is 0 Å². The molecule has 0 aromatic carbocycles. The van der Waals surface area contributed by atoms with Crippen LogP contribution in [-0.2, 0) is 9.59 Å². The Hall–Kier alpha value is -1.19. The maximum atomic E-state index is 11.0. The number of amides is 1. The van der Waals surface area contributed by atoms with Gasteiger partial charge in [-0.05, 0) is 26.7 Å². The number of ketones is 1. The van der Waals surface area contributed by atoms with Crippen LogP contribution in [0.1, 0.15) is 33.6 Å². The van der Waals surface area contributed by atoms with Gasteiger partial charge in [0.15, 0.2) is 5.78 Å². The minimum atomic E-state index is -0.433. The summed E-state index contributed by atoms with van der Waals surface area (Å²) in [5.74, 6) is -0.265. The Balaban J connectivity index is 4.02. The lowest BCUT2D eigenvalue weighted by Gasteiger charge is -2.13. The van der Waals surface area contributed by atoms with Crippen molar-refractivity contribution in [2.75, 3.05) is 0 Å². The van der Waals surface area contributed by atoms with Gasteiger partial charge in [-0.15, -0.1) is 0 Å². The van der Waals surface area contributed by atoms with Crippen LogP contribution in [0.25, 0.3) is 0 Å². The number of carbonyl (C=O) groups excluding carboxylic acids is 2. The van der Waals surface area contributed by atoms with E-state index in [9.17, 15) is 9.59 Å². The molecule has 0 rings (SSSR count). The van der Waals surface area contributed by atoms with Crippen molar-refractivity contribution in [2.24, 2.45) is 0 Å².